The van der Waals surface area contributed by atoms with Crippen molar-refractivity contribution in [3.8, 4) is 11.8 Å². The summed E-state index contributed by atoms with van der Waals surface area (Å²) in [6, 6.07) is 13.0. The summed E-state index contributed by atoms with van der Waals surface area (Å²) in [6.45, 7) is 0.195. The molecule has 8 nitrogen and oxygen atoms in total. The van der Waals surface area contributed by atoms with E-state index in [9.17, 15) is 26.4 Å². The maximum atomic E-state index is 13.5. The van der Waals surface area contributed by atoms with Crippen molar-refractivity contribution in [3.63, 3.8) is 0 Å². The van der Waals surface area contributed by atoms with E-state index in [2.05, 4.69) is 22.5 Å². The number of aliphatic carboxylic acids is 1. The van der Waals surface area contributed by atoms with Gasteiger partial charge in [-0.1, -0.05) is 12.0 Å². The smallest absolute Gasteiger partial charge is 0.406 e. The second kappa shape index (κ2) is 11.6. The van der Waals surface area contributed by atoms with E-state index in [1.807, 2.05) is 11.0 Å². The van der Waals surface area contributed by atoms with Crippen molar-refractivity contribution in [2.24, 2.45) is 0 Å². The second-order valence-electron chi connectivity index (χ2n) is 9.51. The van der Waals surface area contributed by atoms with Gasteiger partial charge in [-0.25, -0.2) is 8.42 Å². The van der Waals surface area contributed by atoms with E-state index in [0.717, 1.165) is 23.7 Å². The molecule has 1 aliphatic heterocycles. The number of fused-ring (bicyclic) bond motifs is 1. The van der Waals surface area contributed by atoms with E-state index in [0.29, 0.717) is 35.4 Å². The highest BCUT2D eigenvalue weighted by Gasteiger charge is 2.30. The lowest BCUT2D eigenvalue weighted by Crippen LogP contribution is -2.41. The number of hydrogen-bond acceptors (Lipinski definition) is 6. The van der Waals surface area contributed by atoms with Gasteiger partial charge in [-0.3, -0.25) is 9.69 Å². The zero-order valence-electron chi connectivity index (χ0n) is 21.3. The van der Waals surface area contributed by atoms with Gasteiger partial charge in [-0.15, -0.1) is 0 Å². The number of benzene rings is 2. The minimum Gasteiger partial charge on any atom is -0.480 e. The summed E-state index contributed by atoms with van der Waals surface area (Å²) in [6.07, 6.45) is -1.89. The molecule has 2 aromatic carbocycles. The molecule has 0 aliphatic carbocycles. The molecule has 3 aromatic rings. The first-order chi connectivity index (χ1) is 18.4. The zero-order chi connectivity index (χ0) is 28.2. The molecular weight excluding hydrogens is 533 g/mol. The van der Waals surface area contributed by atoms with Gasteiger partial charge in [0.1, 0.15) is 6.54 Å². The average molecular weight is 563 g/mol. The van der Waals surface area contributed by atoms with Crippen molar-refractivity contribution in [1.29, 1.82) is 0 Å². The maximum absolute atomic E-state index is 13.5. The van der Waals surface area contributed by atoms with Gasteiger partial charge in [0.15, 0.2) is 9.84 Å². The van der Waals surface area contributed by atoms with Crippen molar-refractivity contribution in [2.45, 2.75) is 36.5 Å². The normalized spacial score (nSPS) is 15.1. The Morgan fingerprint density at radius 3 is 2.44 bits per heavy atom. The molecule has 0 unspecified atom stereocenters. The minimum atomic E-state index is -4.44. The minimum absolute atomic E-state index is 0.00849. The third-order valence-electron chi connectivity index (χ3n) is 6.47. The van der Waals surface area contributed by atoms with E-state index in [-0.39, 0.29) is 29.7 Å². The van der Waals surface area contributed by atoms with E-state index in [1.54, 1.807) is 30.3 Å². The molecule has 0 spiro atoms. The Balaban J connectivity index is 1.52. The number of rotatable bonds is 8. The largest absolute Gasteiger partial charge is 0.480 e. The Labute approximate surface area is 224 Å². The second-order valence-corrected chi connectivity index (χ2v) is 11.5. The summed E-state index contributed by atoms with van der Waals surface area (Å²) in [5.41, 5.74) is 1.97. The lowest BCUT2D eigenvalue weighted by molar-refractivity contribution is -0.140. The van der Waals surface area contributed by atoms with Crippen molar-refractivity contribution < 1.29 is 31.5 Å². The standard InChI is InChI=1S/C27H29F3N4O4S/c1-39(37,38)22-9-7-19(8-10-22)31-13-3-4-21-16-23-24(5-2-6-25(23)34(21)18-27(28,29)30)32-20-11-14-33(15-12-20)17-26(35)36/h2,5-10,16,20,31-32H,11-15,17-18H2,1H3,(H,35,36). The number of alkyl halides is 3. The third kappa shape index (κ3) is 7.68. The maximum Gasteiger partial charge on any atom is 0.406 e. The first-order valence-corrected chi connectivity index (χ1v) is 14.2. The summed E-state index contributed by atoms with van der Waals surface area (Å²) in [5, 5.41) is 16.1. The van der Waals surface area contributed by atoms with Crippen LogP contribution in [0.4, 0.5) is 24.5 Å². The molecule has 2 heterocycles. The number of carbonyl (C=O) groups is 1. The summed E-state index contributed by atoms with van der Waals surface area (Å²) in [7, 11) is -3.31. The first-order valence-electron chi connectivity index (χ1n) is 12.3. The predicted octanol–water partition coefficient (Wildman–Crippen LogP) is 4.03. The summed E-state index contributed by atoms with van der Waals surface area (Å²) < 4.78 is 64.8. The van der Waals surface area contributed by atoms with Gasteiger partial charge >= 0.3 is 12.1 Å². The Hall–Kier alpha value is -3.69. The number of likely N-dealkylation sites (tertiary alicyclic amines) is 1. The van der Waals surface area contributed by atoms with Crippen LogP contribution in [0.5, 0.6) is 0 Å². The molecule has 0 atom stereocenters. The number of carboxylic acid groups (broad SMARTS) is 1. The third-order valence-corrected chi connectivity index (χ3v) is 7.60. The van der Waals surface area contributed by atoms with Crippen LogP contribution in [0, 0.1) is 11.8 Å². The van der Waals surface area contributed by atoms with Crippen LogP contribution < -0.4 is 10.6 Å². The molecule has 1 aromatic heterocycles. The van der Waals surface area contributed by atoms with Crippen LogP contribution in [0.25, 0.3) is 10.9 Å². The van der Waals surface area contributed by atoms with Crippen molar-refractivity contribution in [3.05, 3.63) is 54.2 Å². The molecule has 0 bridgehead atoms. The topological polar surface area (TPSA) is 104 Å². The van der Waals surface area contributed by atoms with Crippen LogP contribution in [0.1, 0.15) is 18.5 Å². The molecule has 1 aliphatic rings. The fourth-order valence-corrected chi connectivity index (χ4v) is 5.24. The zero-order valence-corrected chi connectivity index (χ0v) is 22.1. The Morgan fingerprint density at radius 1 is 1.13 bits per heavy atom. The number of halogens is 3. The summed E-state index contributed by atoms with van der Waals surface area (Å²) >= 11 is 0. The molecule has 39 heavy (non-hydrogen) atoms. The van der Waals surface area contributed by atoms with E-state index in [4.69, 9.17) is 5.11 Å². The van der Waals surface area contributed by atoms with E-state index < -0.39 is 28.5 Å². The Kier molecular flexibility index (Phi) is 8.42. The van der Waals surface area contributed by atoms with E-state index in [1.165, 1.54) is 12.1 Å². The fraction of sp³-hybridized carbons (Fsp3) is 0.370. The number of nitrogens with one attached hydrogen (secondary N) is 2. The van der Waals surface area contributed by atoms with Gasteiger partial charge in [0.2, 0.25) is 0 Å². The number of carboxylic acids is 1. The van der Waals surface area contributed by atoms with Crippen LogP contribution in [-0.2, 0) is 21.2 Å². The number of nitrogens with zero attached hydrogens (tertiary/aromatic N) is 2. The lowest BCUT2D eigenvalue weighted by atomic mass is 10.0. The van der Waals surface area contributed by atoms with Crippen LogP contribution in [0.3, 0.4) is 0 Å². The SMILES string of the molecule is CS(=O)(=O)c1ccc(NCC#Cc2cc3c(NC4CCN(CC(=O)O)CC4)cccc3n2CC(F)(F)F)cc1. The van der Waals surface area contributed by atoms with Gasteiger partial charge in [-0.2, -0.15) is 13.2 Å². The van der Waals surface area contributed by atoms with Crippen molar-refractivity contribution in [2.75, 3.05) is 43.1 Å². The number of hydrogen-bond donors (Lipinski definition) is 3. The predicted molar refractivity (Wildman–Crippen MR) is 144 cm³/mol. The molecule has 12 heteroatoms. The molecule has 3 N–H and O–H groups in total. The van der Waals surface area contributed by atoms with Crippen molar-refractivity contribution in [1.82, 2.24) is 9.47 Å². The lowest BCUT2D eigenvalue weighted by Gasteiger charge is -2.32. The van der Waals surface area contributed by atoms with Gasteiger partial charge in [0.25, 0.3) is 0 Å². The van der Waals surface area contributed by atoms with Crippen LogP contribution in [0.15, 0.2) is 53.4 Å². The highest BCUT2D eigenvalue weighted by molar-refractivity contribution is 7.90. The molecule has 1 fully saturated rings. The highest BCUT2D eigenvalue weighted by Crippen LogP contribution is 2.31. The van der Waals surface area contributed by atoms with Crippen LogP contribution in [-0.4, -0.2) is 73.6 Å². The van der Waals surface area contributed by atoms with Gasteiger partial charge in [0.05, 0.1) is 29.2 Å². The fourth-order valence-electron chi connectivity index (χ4n) is 4.61. The van der Waals surface area contributed by atoms with E-state index >= 15 is 0 Å². The quantitative estimate of drug-likeness (QED) is 0.356. The number of piperidine rings is 1. The molecule has 0 amide bonds. The monoisotopic (exact) mass is 562 g/mol. The molecule has 4 rings (SSSR count). The van der Waals surface area contributed by atoms with Crippen LogP contribution >= 0.6 is 0 Å². The number of sulfone groups is 1. The summed E-state index contributed by atoms with van der Waals surface area (Å²) in [4.78, 5) is 13.0. The summed E-state index contributed by atoms with van der Waals surface area (Å²) in [5.74, 6) is 4.84. The Bertz CT molecular complexity index is 1500. The highest BCUT2D eigenvalue weighted by atomic mass is 32.2. The van der Waals surface area contributed by atoms with Crippen LogP contribution in [0.2, 0.25) is 0 Å². The molecule has 208 valence electrons. The van der Waals surface area contributed by atoms with Crippen molar-refractivity contribution >= 4 is 38.1 Å². The molecule has 1 saturated heterocycles. The average Bonchev–Trinajstić information content (AvgIpc) is 3.19. The number of anilines is 2. The molecule has 0 saturated carbocycles. The Morgan fingerprint density at radius 2 is 1.82 bits per heavy atom. The first kappa shape index (κ1) is 28.3. The molecular formula is C27H29F3N4O4S. The van der Waals surface area contributed by atoms with Gasteiger partial charge < -0.3 is 20.3 Å². The molecule has 0 radical (unpaired) electrons. The van der Waals surface area contributed by atoms with Gasteiger partial charge in [0, 0.05) is 42.1 Å². The number of aromatic nitrogens is 1. The van der Waals surface area contributed by atoms with Gasteiger partial charge in [-0.05, 0) is 61.2 Å².